The van der Waals surface area contributed by atoms with Gasteiger partial charge in [-0.05, 0) is 77.5 Å². The van der Waals surface area contributed by atoms with Crippen LogP contribution < -0.4 is 0 Å². The lowest BCUT2D eigenvalue weighted by Crippen LogP contribution is -2.00. The predicted molar refractivity (Wildman–Crippen MR) is 108 cm³/mol. The topological polar surface area (TPSA) is 0 Å². The third-order valence-electron chi connectivity index (χ3n) is 6.14. The van der Waals surface area contributed by atoms with Crippen LogP contribution in [0.5, 0.6) is 0 Å². The second-order valence-electron chi connectivity index (χ2n) is 7.35. The van der Waals surface area contributed by atoms with Gasteiger partial charge in [0, 0.05) is 0 Å². The average Bonchev–Trinajstić information content (AvgIpc) is 2.66. The molecule has 1 aliphatic carbocycles. The molecule has 0 fully saturated rings. The van der Waals surface area contributed by atoms with Crippen molar-refractivity contribution in [2.24, 2.45) is 0 Å². The highest BCUT2D eigenvalue weighted by Gasteiger charge is 2.21. The minimum absolute atomic E-state index is 1.04. The average molecular weight is 314 g/mol. The first-order valence-corrected chi connectivity index (χ1v) is 8.93. The molecule has 0 heteroatoms. The fraction of sp³-hybridized carbons (Fsp3) is 0.0400. The van der Waals surface area contributed by atoms with Gasteiger partial charge in [0.05, 0.1) is 0 Å². The monoisotopic (exact) mass is 314 g/mol. The Morgan fingerprint density at radius 3 is 2.00 bits per heavy atom. The summed E-state index contributed by atoms with van der Waals surface area (Å²) >= 11 is 0. The van der Waals surface area contributed by atoms with Gasteiger partial charge in [-0.2, -0.15) is 0 Å². The Kier molecular flexibility index (Phi) is 1.92. The molecule has 0 radical (unpaired) electrons. The molecule has 0 N–H and O–H groups in total. The van der Waals surface area contributed by atoms with Gasteiger partial charge in [0.15, 0.2) is 0 Å². The maximum absolute atomic E-state index is 2.38. The number of benzene rings is 6. The van der Waals surface area contributed by atoms with Gasteiger partial charge in [-0.15, -0.1) is 0 Å². The van der Waals surface area contributed by atoms with Crippen LogP contribution in [-0.4, -0.2) is 0 Å². The van der Waals surface area contributed by atoms with Crippen molar-refractivity contribution in [2.45, 2.75) is 6.42 Å². The van der Waals surface area contributed by atoms with Crippen LogP contribution in [-0.2, 0) is 6.42 Å². The molecule has 6 aromatic carbocycles. The van der Waals surface area contributed by atoms with Gasteiger partial charge in [0.2, 0.25) is 0 Å². The van der Waals surface area contributed by atoms with Crippen molar-refractivity contribution in [2.75, 3.05) is 0 Å². The summed E-state index contributed by atoms with van der Waals surface area (Å²) in [6.07, 6.45) is 1.04. The van der Waals surface area contributed by atoms with E-state index in [-0.39, 0.29) is 0 Å². The Morgan fingerprint density at radius 2 is 1.08 bits per heavy atom. The highest BCUT2D eigenvalue weighted by molar-refractivity contribution is 6.39. The number of hydrogen-bond acceptors (Lipinski definition) is 0. The fourth-order valence-corrected chi connectivity index (χ4v) is 5.22. The van der Waals surface area contributed by atoms with Crippen LogP contribution in [0.1, 0.15) is 11.1 Å². The van der Waals surface area contributed by atoms with Crippen LogP contribution in [0.4, 0.5) is 0 Å². The molecular formula is C25H14. The summed E-state index contributed by atoms with van der Waals surface area (Å²) in [5.41, 5.74) is 2.94. The van der Waals surface area contributed by atoms with E-state index in [1.165, 1.54) is 65.0 Å². The third kappa shape index (κ3) is 1.29. The lowest BCUT2D eigenvalue weighted by Gasteiger charge is -2.23. The largest absolute Gasteiger partial charge is 0.0613 e. The highest BCUT2D eigenvalue weighted by atomic mass is 14.2. The van der Waals surface area contributed by atoms with E-state index >= 15 is 0 Å². The van der Waals surface area contributed by atoms with Crippen molar-refractivity contribution in [1.29, 1.82) is 0 Å². The van der Waals surface area contributed by atoms with Crippen LogP contribution in [0.3, 0.4) is 0 Å². The summed E-state index contributed by atoms with van der Waals surface area (Å²) in [4.78, 5) is 0. The second kappa shape index (κ2) is 3.92. The summed E-state index contributed by atoms with van der Waals surface area (Å²) in [7, 11) is 0. The minimum atomic E-state index is 1.04. The maximum Gasteiger partial charge on any atom is -0.000832 e. The standard InChI is InChI=1S/C25H14/c1-5-15-12-17-7-3-9-20-19-8-2-4-14-10-11-18-13-16(6-1)21(15)25(23(17)20)24(18)22(14)19/h1-11,13H,12H2. The van der Waals surface area contributed by atoms with Crippen molar-refractivity contribution in [3.8, 4) is 0 Å². The molecule has 0 amide bonds. The maximum atomic E-state index is 2.38. The molecule has 114 valence electrons. The van der Waals surface area contributed by atoms with Crippen molar-refractivity contribution in [3.63, 3.8) is 0 Å². The Hall–Kier alpha value is -3.12. The molecular weight excluding hydrogens is 300 g/mol. The SMILES string of the molecule is c1cc2c3c(c1)cc1ccc4cccc5c6cccc(c6c3c1c45)C2. The Morgan fingerprint density at radius 1 is 0.440 bits per heavy atom. The molecule has 0 atom stereocenters. The summed E-state index contributed by atoms with van der Waals surface area (Å²) in [6.45, 7) is 0. The van der Waals surface area contributed by atoms with E-state index in [2.05, 4.69) is 72.8 Å². The molecule has 0 bridgehead atoms. The number of hydrogen-bond donors (Lipinski definition) is 0. The van der Waals surface area contributed by atoms with Crippen molar-refractivity contribution in [3.05, 3.63) is 83.9 Å². The van der Waals surface area contributed by atoms with Crippen LogP contribution in [0.2, 0.25) is 0 Å². The lowest BCUT2D eigenvalue weighted by molar-refractivity contribution is 1.23. The molecule has 7 rings (SSSR count). The van der Waals surface area contributed by atoms with E-state index in [9.17, 15) is 0 Å². The zero-order valence-corrected chi connectivity index (χ0v) is 13.6. The van der Waals surface area contributed by atoms with Gasteiger partial charge >= 0.3 is 0 Å². The zero-order valence-electron chi connectivity index (χ0n) is 13.6. The van der Waals surface area contributed by atoms with Gasteiger partial charge in [0.25, 0.3) is 0 Å². The van der Waals surface area contributed by atoms with E-state index < -0.39 is 0 Å². The van der Waals surface area contributed by atoms with Gasteiger partial charge in [-0.25, -0.2) is 0 Å². The second-order valence-corrected chi connectivity index (χ2v) is 7.35. The lowest BCUT2D eigenvalue weighted by atomic mass is 9.80. The van der Waals surface area contributed by atoms with E-state index in [1.807, 2.05) is 0 Å². The highest BCUT2D eigenvalue weighted by Crippen LogP contribution is 2.47. The molecule has 0 aliphatic heterocycles. The first-order valence-electron chi connectivity index (χ1n) is 8.93. The molecule has 0 spiro atoms. The van der Waals surface area contributed by atoms with Crippen LogP contribution in [0.25, 0.3) is 53.9 Å². The van der Waals surface area contributed by atoms with Gasteiger partial charge < -0.3 is 0 Å². The third-order valence-corrected chi connectivity index (χ3v) is 6.14. The van der Waals surface area contributed by atoms with E-state index in [4.69, 9.17) is 0 Å². The van der Waals surface area contributed by atoms with E-state index in [1.54, 1.807) is 0 Å². The summed E-state index contributed by atoms with van der Waals surface area (Å²) in [6, 6.07) is 27.3. The van der Waals surface area contributed by atoms with Crippen molar-refractivity contribution >= 4 is 53.9 Å². The van der Waals surface area contributed by atoms with Gasteiger partial charge in [0.1, 0.15) is 0 Å². The summed E-state index contributed by atoms with van der Waals surface area (Å²) < 4.78 is 0. The quantitative estimate of drug-likeness (QED) is 0.213. The Bertz CT molecular complexity index is 1500. The molecule has 0 unspecified atom stereocenters. The van der Waals surface area contributed by atoms with Crippen LogP contribution in [0, 0.1) is 0 Å². The summed E-state index contributed by atoms with van der Waals surface area (Å²) in [5, 5.41) is 14.2. The van der Waals surface area contributed by atoms with E-state index in [0.717, 1.165) is 6.42 Å². The summed E-state index contributed by atoms with van der Waals surface area (Å²) in [5.74, 6) is 0. The first-order chi connectivity index (χ1) is 12.4. The van der Waals surface area contributed by atoms with Crippen LogP contribution >= 0.6 is 0 Å². The molecule has 0 aromatic heterocycles. The Balaban J connectivity index is 2.04. The van der Waals surface area contributed by atoms with Gasteiger partial charge in [-0.3, -0.25) is 0 Å². The van der Waals surface area contributed by atoms with Gasteiger partial charge in [-0.1, -0.05) is 66.7 Å². The van der Waals surface area contributed by atoms with E-state index in [0.29, 0.717) is 0 Å². The smallest absolute Gasteiger partial charge is 0.000832 e. The molecule has 0 heterocycles. The number of rotatable bonds is 0. The predicted octanol–water partition coefficient (Wildman–Crippen LogP) is 6.79. The molecule has 6 aromatic rings. The molecule has 0 saturated carbocycles. The minimum Gasteiger partial charge on any atom is -0.0613 e. The molecule has 0 nitrogen and oxygen atoms in total. The normalized spacial score (nSPS) is 13.4. The molecule has 1 aliphatic rings. The van der Waals surface area contributed by atoms with Crippen LogP contribution in [0.15, 0.2) is 72.8 Å². The Labute approximate surface area is 144 Å². The molecule has 0 saturated heterocycles. The van der Waals surface area contributed by atoms with Crippen molar-refractivity contribution in [1.82, 2.24) is 0 Å². The van der Waals surface area contributed by atoms with Crippen molar-refractivity contribution < 1.29 is 0 Å². The first kappa shape index (κ1) is 12.3. The number of fused-ring (bicyclic) bond motifs is 1. The fourth-order valence-electron chi connectivity index (χ4n) is 5.22. The zero-order chi connectivity index (χ0) is 16.1. The molecule has 25 heavy (non-hydrogen) atoms.